The highest BCUT2D eigenvalue weighted by molar-refractivity contribution is 9.10. The molecule has 21 heavy (non-hydrogen) atoms. The predicted octanol–water partition coefficient (Wildman–Crippen LogP) is 3.47. The molecule has 5 heteroatoms. The Bertz CT molecular complexity index is 746. The summed E-state index contributed by atoms with van der Waals surface area (Å²) in [6.07, 6.45) is 6.23. The number of pyridine rings is 1. The molecular weight excluding hydrogens is 328 g/mol. The molecule has 0 radical (unpaired) electrons. The van der Waals surface area contributed by atoms with Crippen molar-refractivity contribution in [3.8, 4) is 0 Å². The van der Waals surface area contributed by atoms with Crippen LogP contribution < -0.4 is 4.90 Å². The fourth-order valence-electron chi connectivity index (χ4n) is 2.29. The normalized spacial score (nSPS) is 10.8. The van der Waals surface area contributed by atoms with E-state index in [9.17, 15) is 0 Å². The Balaban J connectivity index is 1.85. The number of rotatable bonds is 4. The summed E-state index contributed by atoms with van der Waals surface area (Å²) in [5.41, 5.74) is 2.22. The number of halogens is 1. The van der Waals surface area contributed by atoms with E-state index >= 15 is 0 Å². The van der Waals surface area contributed by atoms with Crippen LogP contribution >= 0.6 is 15.9 Å². The molecule has 0 saturated heterocycles. The van der Waals surface area contributed by atoms with Crippen molar-refractivity contribution in [2.24, 2.45) is 0 Å². The Hall–Kier alpha value is -2.01. The molecule has 4 nitrogen and oxygen atoms in total. The Morgan fingerprint density at radius 3 is 2.71 bits per heavy atom. The highest BCUT2D eigenvalue weighted by Gasteiger charge is 2.10. The van der Waals surface area contributed by atoms with Crippen molar-refractivity contribution in [2.45, 2.75) is 6.42 Å². The molecular formula is C16H15BrN4. The molecule has 0 aliphatic carbocycles. The number of benzene rings is 1. The Kier molecular flexibility index (Phi) is 4.10. The number of aromatic nitrogens is 3. The summed E-state index contributed by atoms with van der Waals surface area (Å²) >= 11 is 3.54. The molecule has 0 aliphatic rings. The minimum absolute atomic E-state index is 0.892. The zero-order valence-electron chi connectivity index (χ0n) is 11.7. The summed E-state index contributed by atoms with van der Waals surface area (Å²) in [6, 6.07) is 10.1. The monoisotopic (exact) mass is 342 g/mol. The fraction of sp³-hybridized carbons (Fsp3) is 0.188. The topological polar surface area (TPSA) is 41.9 Å². The summed E-state index contributed by atoms with van der Waals surface area (Å²) in [4.78, 5) is 15.0. The SMILES string of the molecule is CN(CCc1ccncc1)c1ncnc2c(Br)cccc12. The average Bonchev–Trinajstić information content (AvgIpc) is 2.53. The lowest BCUT2D eigenvalue weighted by Crippen LogP contribution is -2.21. The number of nitrogens with zero attached hydrogens (tertiary/aromatic N) is 4. The molecule has 0 aliphatic heterocycles. The molecule has 0 amide bonds. The van der Waals surface area contributed by atoms with Crippen LogP contribution in [-0.2, 0) is 6.42 Å². The molecule has 2 aromatic heterocycles. The molecule has 106 valence electrons. The average molecular weight is 343 g/mol. The minimum Gasteiger partial charge on any atom is -0.359 e. The first kappa shape index (κ1) is 13.9. The van der Waals surface area contributed by atoms with Gasteiger partial charge in [-0.05, 0) is 52.2 Å². The van der Waals surface area contributed by atoms with Gasteiger partial charge in [-0.25, -0.2) is 9.97 Å². The Labute approximate surface area is 132 Å². The van der Waals surface area contributed by atoms with E-state index in [0.29, 0.717) is 0 Å². The van der Waals surface area contributed by atoms with Crippen LogP contribution in [0.5, 0.6) is 0 Å². The standard InChI is InChI=1S/C16H15BrN4/c1-21(10-7-12-5-8-18-9-6-12)16-13-3-2-4-14(17)15(13)19-11-20-16/h2-6,8-9,11H,7,10H2,1H3. The second kappa shape index (κ2) is 6.18. The van der Waals surface area contributed by atoms with Gasteiger partial charge in [-0.15, -0.1) is 0 Å². The first-order valence-corrected chi connectivity index (χ1v) is 7.54. The maximum atomic E-state index is 4.44. The molecule has 3 aromatic rings. The van der Waals surface area contributed by atoms with Gasteiger partial charge < -0.3 is 4.90 Å². The lowest BCUT2D eigenvalue weighted by molar-refractivity contribution is 0.860. The minimum atomic E-state index is 0.892. The molecule has 0 N–H and O–H groups in total. The fourth-order valence-corrected chi connectivity index (χ4v) is 2.76. The smallest absolute Gasteiger partial charge is 0.139 e. The first-order chi connectivity index (χ1) is 10.3. The largest absolute Gasteiger partial charge is 0.359 e. The zero-order chi connectivity index (χ0) is 14.7. The van der Waals surface area contributed by atoms with Crippen LogP contribution in [-0.4, -0.2) is 28.5 Å². The van der Waals surface area contributed by atoms with E-state index in [0.717, 1.165) is 34.2 Å². The van der Waals surface area contributed by atoms with Crippen LogP contribution in [0.3, 0.4) is 0 Å². The van der Waals surface area contributed by atoms with Crippen molar-refractivity contribution in [3.05, 3.63) is 59.1 Å². The highest BCUT2D eigenvalue weighted by atomic mass is 79.9. The third kappa shape index (κ3) is 3.03. The second-order valence-electron chi connectivity index (χ2n) is 4.86. The van der Waals surface area contributed by atoms with Crippen molar-refractivity contribution in [2.75, 3.05) is 18.5 Å². The van der Waals surface area contributed by atoms with E-state index in [1.54, 1.807) is 6.33 Å². The molecule has 0 atom stereocenters. The van der Waals surface area contributed by atoms with E-state index < -0.39 is 0 Å². The molecule has 3 rings (SSSR count). The molecule has 0 fully saturated rings. The van der Waals surface area contributed by atoms with Gasteiger partial charge in [-0.3, -0.25) is 4.98 Å². The lowest BCUT2D eigenvalue weighted by Gasteiger charge is -2.19. The van der Waals surface area contributed by atoms with E-state index in [1.165, 1.54) is 5.56 Å². The van der Waals surface area contributed by atoms with Gasteiger partial charge >= 0.3 is 0 Å². The summed E-state index contributed by atoms with van der Waals surface area (Å²) in [6.45, 7) is 0.892. The lowest BCUT2D eigenvalue weighted by atomic mass is 10.2. The van der Waals surface area contributed by atoms with Gasteiger partial charge in [-0.1, -0.05) is 6.07 Å². The summed E-state index contributed by atoms with van der Waals surface area (Å²) in [5.74, 6) is 0.954. The quantitative estimate of drug-likeness (QED) is 0.728. The van der Waals surface area contributed by atoms with Crippen molar-refractivity contribution in [3.63, 3.8) is 0 Å². The van der Waals surface area contributed by atoms with Crippen LogP contribution in [0.2, 0.25) is 0 Å². The van der Waals surface area contributed by atoms with Crippen LogP contribution in [0, 0.1) is 0 Å². The van der Waals surface area contributed by atoms with Gasteiger partial charge in [0.1, 0.15) is 12.1 Å². The number of hydrogen-bond acceptors (Lipinski definition) is 4. The maximum Gasteiger partial charge on any atom is 0.139 e. The first-order valence-electron chi connectivity index (χ1n) is 6.75. The third-order valence-electron chi connectivity index (χ3n) is 3.44. The molecule has 0 unspecified atom stereocenters. The summed E-state index contributed by atoms with van der Waals surface area (Å²) in [7, 11) is 2.06. The van der Waals surface area contributed by atoms with Gasteiger partial charge in [0.25, 0.3) is 0 Å². The van der Waals surface area contributed by atoms with E-state index in [-0.39, 0.29) is 0 Å². The predicted molar refractivity (Wildman–Crippen MR) is 88.4 cm³/mol. The van der Waals surface area contributed by atoms with Crippen LogP contribution in [0.1, 0.15) is 5.56 Å². The number of likely N-dealkylation sites (N-methyl/N-ethyl adjacent to an activating group) is 1. The zero-order valence-corrected chi connectivity index (χ0v) is 13.3. The van der Waals surface area contributed by atoms with E-state index in [2.05, 4.69) is 48.9 Å². The Morgan fingerprint density at radius 2 is 1.90 bits per heavy atom. The van der Waals surface area contributed by atoms with Crippen molar-refractivity contribution >= 4 is 32.7 Å². The third-order valence-corrected chi connectivity index (χ3v) is 4.08. The van der Waals surface area contributed by atoms with Gasteiger partial charge in [-0.2, -0.15) is 0 Å². The number of para-hydroxylation sites is 1. The molecule has 0 saturated carbocycles. The molecule has 0 spiro atoms. The maximum absolute atomic E-state index is 4.44. The van der Waals surface area contributed by atoms with Crippen molar-refractivity contribution in [1.82, 2.24) is 15.0 Å². The number of fused-ring (bicyclic) bond motifs is 1. The number of hydrogen-bond donors (Lipinski definition) is 0. The van der Waals surface area contributed by atoms with Gasteiger partial charge in [0.05, 0.1) is 5.52 Å². The number of anilines is 1. The summed E-state index contributed by atoms with van der Waals surface area (Å²) in [5, 5.41) is 1.06. The molecule has 1 aromatic carbocycles. The van der Waals surface area contributed by atoms with Crippen LogP contribution in [0.15, 0.2) is 53.5 Å². The van der Waals surface area contributed by atoms with Crippen LogP contribution in [0.25, 0.3) is 10.9 Å². The van der Waals surface area contributed by atoms with Crippen LogP contribution in [0.4, 0.5) is 5.82 Å². The van der Waals surface area contributed by atoms with E-state index in [4.69, 9.17) is 0 Å². The second-order valence-corrected chi connectivity index (χ2v) is 5.71. The van der Waals surface area contributed by atoms with Crippen molar-refractivity contribution < 1.29 is 0 Å². The molecule has 0 bridgehead atoms. The molecule has 2 heterocycles. The van der Waals surface area contributed by atoms with Gasteiger partial charge in [0, 0.05) is 35.8 Å². The highest BCUT2D eigenvalue weighted by Crippen LogP contribution is 2.27. The summed E-state index contributed by atoms with van der Waals surface area (Å²) < 4.78 is 0.992. The van der Waals surface area contributed by atoms with E-state index in [1.807, 2.05) is 36.7 Å². The van der Waals surface area contributed by atoms with Crippen molar-refractivity contribution in [1.29, 1.82) is 0 Å². The van der Waals surface area contributed by atoms with Gasteiger partial charge in [0.2, 0.25) is 0 Å². The Morgan fingerprint density at radius 1 is 1.10 bits per heavy atom. The van der Waals surface area contributed by atoms with Gasteiger partial charge in [0.15, 0.2) is 0 Å².